The molecule has 11 aromatic carbocycles. The van der Waals surface area contributed by atoms with Crippen molar-refractivity contribution in [2.75, 3.05) is 4.90 Å². The molecule has 2 heteroatoms. The van der Waals surface area contributed by atoms with Crippen LogP contribution in [0.15, 0.2) is 241 Å². The molecular weight excluding hydrogens is 787 g/mol. The van der Waals surface area contributed by atoms with Gasteiger partial charge in [0.1, 0.15) is 11.2 Å². The van der Waals surface area contributed by atoms with E-state index in [4.69, 9.17) is 4.42 Å². The third kappa shape index (κ3) is 5.05. The lowest BCUT2D eigenvalue weighted by atomic mass is 9.70. The molecule has 0 saturated carbocycles. The van der Waals surface area contributed by atoms with Crippen LogP contribution in [0.3, 0.4) is 0 Å². The van der Waals surface area contributed by atoms with Gasteiger partial charge in [0, 0.05) is 33.0 Å². The Morgan fingerprint density at radius 1 is 0.338 bits per heavy atom. The van der Waals surface area contributed by atoms with Gasteiger partial charge in [-0.3, -0.25) is 0 Å². The molecule has 302 valence electrons. The van der Waals surface area contributed by atoms with Crippen LogP contribution in [0.2, 0.25) is 0 Å². The monoisotopic (exact) mass is 825 g/mol. The largest absolute Gasteiger partial charge is 0.455 e. The molecule has 1 heterocycles. The predicted octanol–water partition coefficient (Wildman–Crippen LogP) is 17.0. The molecule has 0 amide bonds. The first-order valence-corrected chi connectivity index (χ1v) is 22.5. The molecule has 2 nitrogen and oxygen atoms in total. The van der Waals surface area contributed by atoms with Crippen LogP contribution in [-0.2, 0) is 5.41 Å². The fourth-order valence-corrected chi connectivity index (χ4v) is 11.6. The standard InChI is InChI=1S/C63H39NO/c1-2-17-42-38-43(33-32-40(42)16-1)41-34-36-45(37-35-41)64(57-29-13-8-22-49(57)52-39-44-18-3-4-19-46(44)62-60(52)51-24-9-14-31-59(51)65-62)58-30-15-28-56-61(58)50-23-7-12-27-55(50)63(56)53-25-10-5-20-47(53)48-21-6-11-26-54(48)63/h1-39H. The Labute approximate surface area is 376 Å². The first kappa shape index (κ1) is 36.1. The maximum atomic E-state index is 6.78. The molecular formula is C63H39NO. The first-order chi connectivity index (χ1) is 32.3. The number of para-hydroxylation sites is 2. The van der Waals surface area contributed by atoms with Crippen LogP contribution in [0.1, 0.15) is 22.3 Å². The van der Waals surface area contributed by atoms with Gasteiger partial charge in [0.05, 0.1) is 16.8 Å². The maximum Gasteiger partial charge on any atom is 0.143 e. The van der Waals surface area contributed by atoms with E-state index in [0.29, 0.717) is 0 Å². The van der Waals surface area contributed by atoms with Crippen molar-refractivity contribution in [2.24, 2.45) is 0 Å². The Morgan fingerprint density at radius 3 is 1.66 bits per heavy atom. The quantitative estimate of drug-likeness (QED) is 0.172. The molecule has 2 aliphatic rings. The van der Waals surface area contributed by atoms with Crippen LogP contribution >= 0.6 is 0 Å². The zero-order valence-corrected chi connectivity index (χ0v) is 35.4. The average molecular weight is 826 g/mol. The Balaban J connectivity index is 1.06. The van der Waals surface area contributed by atoms with Crippen molar-refractivity contribution in [3.63, 3.8) is 0 Å². The normalized spacial score (nSPS) is 13.0. The number of hydrogen-bond acceptors (Lipinski definition) is 2. The molecule has 0 atom stereocenters. The summed E-state index contributed by atoms with van der Waals surface area (Å²) in [5.41, 5.74) is 19.7. The second-order valence-electron chi connectivity index (χ2n) is 17.5. The van der Waals surface area contributed by atoms with Crippen molar-refractivity contribution < 1.29 is 4.42 Å². The van der Waals surface area contributed by atoms with Crippen LogP contribution < -0.4 is 4.90 Å². The highest BCUT2D eigenvalue weighted by molar-refractivity contribution is 6.22. The van der Waals surface area contributed by atoms with Gasteiger partial charge in [-0.25, -0.2) is 0 Å². The second-order valence-corrected chi connectivity index (χ2v) is 17.5. The fourth-order valence-electron chi connectivity index (χ4n) is 11.6. The third-order valence-corrected chi connectivity index (χ3v) is 14.3. The molecule has 14 rings (SSSR count). The molecule has 0 aliphatic heterocycles. The van der Waals surface area contributed by atoms with Gasteiger partial charge in [0.15, 0.2) is 0 Å². The van der Waals surface area contributed by atoms with Gasteiger partial charge in [-0.15, -0.1) is 0 Å². The fraction of sp³-hybridized carbons (Fsp3) is 0.0159. The highest BCUT2D eigenvalue weighted by Gasteiger charge is 2.52. The van der Waals surface area contributed by atoms with Crippen LogP contribution in [0.4, 0.5) is 17.1 Å². The summed E-state index contributed by atoms with van der Waals surface area (Å²) in [5, 5.41) is 6.97. The molecule has 1 spiro atoms. The van der Waals surface area contributed by atoms with Crippen LogP contribution in [0, 0.1) is 0 Å². The molecule has 2 aliphatic carbocycles. The lowest BCUT2D eigenvalue weighted by Gasteiger charge is -2.32. The summed E-state index contributed by atoms with van der Waals surface area (Å²) in [6, 6.07) is 87.1. The summed E-state index contributed by atoms with van der Waals surface area (Å²) in [5.74, 6) is 0. The van der Waals surface area contributed by atoms with Gasteiger partial charge in [0.2, 0.25) is 0 Å². The van der Waals surface area contributed by atoms with Crippen molar-refractivity contribution in [3.8, 4) is 44.5 Å². The van der Waals surface area contributed by atoms with Gasteiger partial charge in [-0.2, -0.15) is 0 Å². The van der Waals surface area contributed by atoms with Crippen LogP contribution in [-0.4, -0.2) is 0 Å². The van der Waals surface area contributed by atoms with Gasteiger partial charge in [0.25, 0.3) is 0 Å². The zero-order valence-electron chi connectivity index (χ0n) is 35.4. The minimum atomic E-state index is -0.472. The number of benzene rings is 11. The van der Waals surface area contributed by atoms with E-state index in [1.165, 1.54) is 66.4 Å². The maximum absolute atomic E-state index is 6.78. The highest BCUT2D eigenvalue weighted by atomic mass is 16.3. The summed E-state index contributed by atoms with van der Waals surface area (Å²) in [6.45, 7) is 0. The summed E-state index contributed by atoms with van der Waals surface area (Å²) in [6.07, 6.45) is 0. The molecule has 0 bridgehead atoms. The molecule has 12 aromatic rings. The van der Waals surface area contributed by atoms with E-state index in [-0.39, 0.29) is 0 Å². The van der Waals surface area contributed by atoms with E-state index in [1.54, 1.807) is 0 Å². The van der Waals surface area contributed by atoms with Crippen molar-refractivity contribution >= 4 is 60.5 Å². The van der Waals surface area contributed by atoms with Crippen molar-refractivity contribution in [1.82, 2.24) is 0 Å². The molecule has 65 heavy (non-hydrogen) atoms. The summed E-state index contributed by atoms with van der Waals surface area (Å²) in [4.78, 5) is 2.52. The Bertz CT molecular complexity index is 3860. The molecule has 0 radical (unpaired) electrons. The highest BCUT2D eigenvalue weighted by Crippen LogP contribution is 2.65. The Hall–Kier alpha value is -8.46. The van der Waals surface area contributed by atoms with Crippen molar-refractivity contribution in [1.29, 1.82) is 0 Å². The zero-order chi connectivity index (χ0) is 42.6. The third-order valence-electron chi connectivity index (χ3n) is 14.3. The molecule has 0 saturated heterocycles. The van der Waals surface area contributed by atoms with E-state index in [9.17, 15) is 0 Å². The molecule has 0 N–H and O–H groups in total. The summed E-state index contributed by atoms with van der Waals surface area (Å²) in [7, 11) is 0. The van der Waals surface area contributed by atoms with Crippen LogP contribution in [0.25, 0.3) is 88.0 Å². The number of anilines is 3. The van der Waals surface area contributed by atoms with Gasteiger partial charge in [-0.05, 0) is 114 Å². The van der Waals surface area contributed by atoms with Gasteiger partial charge >= 0.3 is 0 Å². The number of rotatable bonds is 5. The smallest absolute Gasteiger partial charge is 0.143 e. The lowest BCUT2D eigenvalue weighted by molar-refractivity contribution is 0.673. The van der Waals surface area contributed by atoms with Gasteiger partial charge < -0.3 is 9.32 Å². The Morgan fingerprint density at radius 2 is 0.892 bits per heavy atom. The topological polar surface area (TPSA) is 16.4 Å². The van der Waals surface area contributed by atoms with E-state index in [1.807, 2.05) is 0 Å². The number of fused-ring (bicyclic) bond motifs is 16. The molecule has 1 aromatic heterocycles. The Kier molecular flexibility index (Phi) is 7.64. The first-order valence-electron chi connectivity index (χ1n) is 22.5. The summed E-state index contributed by atoms with van der Waals surface area (Å²) < 4.78 is 6.78. The number of nitrogens with zero attached hydrogens (tertiary/aromatic N) is 1. The molecule has 0 fully saturated rings. The predicted molar refractivity (Wildman–Crippen MR) is 271 cm³/mol. The van der Waals surface area contributed by atoms with Crippen LogP contribution in [0.5, 0.6) is 0 Å². The lowest BCUT2D eigenvalue weighted by Crippen LogP contribution is -2.26. The van der Waals surface area contributed by atoms with Crippen molar-refractivity contribution in [2.45, 2.75) is 5.41 Å². The average Bonchev–Trinajstić information content (AvgIpc) is 4.02. The van der Waals surface area contributed by atoms with E-state index in [0.717, 1.165) is 60.9 Å². The van der Waals surface area contributed by atoms with Gasteiger partial charge in [-0.1, -0.05) is 194 Å². The SMILES string of the molecule is c1ccc(N(c2ccc(-c3ccc4ccccc4c3)cc2)c2cccc3c2-c2ccccc2C32c3ccccc3-c3ccccc32)c(-c2cc3ccccc3c3oc4ccccc4c23)c1. The molecule has 0 unspecified atom stereocenters. The van der Waals surface area contributed by atoms with Crippen molar-refractivity contribution in [3.05, 3.63) is 259 Å². The number of hydrogen-bond donors (Lipinski definition) is 0. The number of furan rings is 1. The summed E-state index contributed by atoms with van der Waals surface area (Å²) >= 11 is 0. The van der Waals surface area contributed by atoms with E-state index >= 15 is 0 Å². The minimum absolute atomic E-state index is 0.472. The minimum Gasteiger partial charge on any atom is -0.455 e. The van der Waals surface area contributed by atoms with E-state index in [2.05, 4.69) is 241 Å². The second kappa shape index (κ2) is 13.8. The van der Waals surface area contributed by atoms with E-state index < -0.39 is 5.41 Å².